The summed E-state index contributed by atoms with van der Waals surface area (Å²) in [5.41, 5.74) is 7.05. The molecule has 2 fully saturated rings. The number of nitrogens with two attached hydrogens (primary N) is 1. The lowest BCUT2D eigenvalue weighted by Gasteiger charge is -2.47. The summed E-state index contributed by atoms with van der Waals surface area (Å²) in [6.07, 6.45) is 4.28. The first-order valence-corrected chi connectivity index (χ1v) is 7.67. The molecule has 0 bridgehead atoms. The van der Waals surface area contributed by atoms with Crippen molar-refractivity contribution in [3.8, 4) is 0 Å². The van der Waals surface area contributed by atoms with Gasteiger partial charge in [0.25, 0.3) is 0 Å². The quantitative estimate of drug-likeness (QED) is 0.932. The zero-order valence-electron chi connectivity index (χ0n) is 12.2. The maximum atomic E-state index is 13.5. The van der Waals surface area contributed by atoms with Crippen LogP contribution in [0.3, 0.4) is 0 Å². The molecule has 1 aliphatic heterocycles. The molecule has 0 radical (unpaired) electrons. The summed E-state index contributed by atoms with van der Waals surface area (Å²) in [4.78, 5) is 2.40. The zero-order valence-corrected chi connectivity index (χ0v) is 12.2. The van der Waals surface area contributed by atoms with Gasteiger partial charge in [-0.1, -0.05) is 18.9 Å². The third-order valence-corrected chi connectivity index (χ3v) is 4.99. The van der Waals surface area contributed by atoms with E-state index in [0.717, 1.165) is 38.8 Å². The summed E-state index contributed by atoms with van der Waals surface area (Å²) < 4.78 is 32.1. The molecule has 3 rings (SSSR count). The lowest BCUT2D eigenvalue weighted by molar-refractivity contribution is -0.0311. The van der Waals surface area contributed by atoms with Crippen molar-refractivity contribution in [3.63, 3.8) is 0 Å². The molecule has 5 heteroatoms. The minimum Gasteiger partial charge on any atom is -0.379 e. The van der Waals surface area contributed by atoms with Crippen LogP contribution in [0.2, 0.25) is 0 Å². The normalized spacial score (nSPS) is 24.1. The first kappa shape index (κ1) is 14.9. The Hall–Kier alpha value is -1.04. The van der Waals surface area contributed by atoms with Crippen LogP contribution < -0.4 is 5.73 Å². The van der Waals surface area contributed by atoms with Gasteiger partial charge >= 0.3 is 0 Å². The van der Waals surface area contributed by atoms with Crippen molar-refractivity contribution in [2.45, 2.75) is 37.3 Å². The van der Waals surface area contributed by atoms with Crippen LogP contribution in [0.25, 0.3) is 0 Å². The smallest absolute Gasteiger partial charge is 0.159 e. The number of benzene rings is 1. The third kappa shape index (κ3) is 2.70. The number of rotatable bonds is 3. The Kier molecular flexibility index (Phi) is 4.24. The topological polar surface area (TPSA) is 38.5 Å². The number of nitrogens with zero attached hydrogens (tertiary/aromatic N) is 1. The number of ether oxygens (including phenoxy) is 1. The first-order chi connectivity index (χ1) is 10.1. The van der Waals surface area contributed by atoms with Crippen molar-refractivity contribution in [2.75, 3.05) is 26.3 Å². The largest absolute Gasteiger partial charge is 0.379 e. The van der Waals surface area contributed by atoms with Gasteiger partial charge in [-0.05, 0) is 30.5 Å². The summed E-state index contributed by atoms with van der Waals surface area (Å²) >= 11 is 0. The van der Waals surface area contributed by atoms with Crippen molar-refractivity contribution in [1.29, 1.82) is 0 Å². The molecule has 2 N–H and O–H groups in total. The number of hydrogen-bond donors (Lipinski definition) is 1. The van der Waals surface area contributed by atoms with E-state index < -0.39 is 11.6 Å². The predicted octanol–water partition coefficient (Wildman–Crippen LogP) is 2.61. The second-order valence-corrected chi connectivity index (χ2v) is 6.06. The Morgan fingerprint density at radius 2 is 1.76 bits per heavy atom. The molecule has 2 aliphatic rings. The van der Waals surface area contributed by atoms with Crippen LogP contribution in [-0.2, 0) is 4.74 Å². The van der Waals surface area contributed by atoms with Crippen LogP contribution in [-0.4, -0.2) is 36.7 Å². The van der Waals surface area contributed by atoms with Crippen LogP contribution in [0, 0.1) is 11.6 Å². The van der Waals surface area contributed by atoms with E-state index in [-0.39, 0.29) is 11.6 Å². The van der Waals surface area contributed by atoms with Gasteiger partial charge < -0.3 is 10.5 Å². The molecule has 1 heterocycles. The van der Waals surface area contributed by atoms with Crippen molar-refractivity contribution >= 4 is 0 Å². The molecule has 3 nitrogen and oxygen atoms in total. The third-order valence-electron chi connectivity index (χ3n) is 4.99. The van der Waals surface area contributed by atoms with Gasteiger partial charge in [0.05, 0.1) is 13.2 Å². The van der Waals surface area contributed by atoms with Gasteiger partial charge in [-0.3, -0.25) is 4.90 Å². The van der Waals surface area contributed by atoms with Gasteiger partial charge in [-0.15, -0.1) is 0 Å². The number of morpholine rings is 1. The molecule has 1 aromatic rings. The fraction of sp³-hybridized carbons (Fsp3) is 0.625. The molecule has 1 atom stereocenters. The molecular weight excluding hydrogens is 274 g/mol. The van der Waals surface area contributed by atoms with Crippen LogP contribution in [0.1, 0.15) is 37.3 Å². The molecule has 1 saturated carbocycles. The minimum atomic E-state index is -0.821. The van der Waals surface area contributed by atoms with Gasteiger partial charge in [0.15, 0.2) is 11.6 Å². The zero-order chi connectivity index (χ0) is 14.9. The SMILES string of the molecule is NC(c1ccc(F)c(F)c1)C1(N2CCOCC2)CCCC1. The van der Waals surface area contributed by atoms with Crippen LogP contribution >= 0.6 is 0 Å². The molecule has 1 unspecified atom stereocenters. The van der Waals surface area contributed by atoms with Gasteiger partial charge in [0.1, 0.15) is 0 Å². The Balaban J connectivity index is 1.90. The average Bonchev–Trinajstić information content (AvgIpc) is 3.01. The summed E-state index contributed by atoms with van der Waals surface area (Å²) in [6.45, 7) is 3.15. The van der Waals surface area contributed by atoms with Gasteiger partial charge in [0.2, 0.25) is 0 Å². The molecule has 116 valence electrons. The molecule has 0 amide bonds. The summed E-state index contributed by atoms with van der Waals surface area (Å²) in [7, 11) is 0. The molecule has 0 aromatic heterocycles. The minimum absolute atomic E-state index is 0.145. The van der Waals surface area contributed by atoms with Crippen molar-refractivity contribution in [1.82, 2.24) is 4.90 Å². The van der Waals surface area contributed by atoms with E-state index in [0.29, 0.717) is 18.8 Å². The number of hydrogen-bond acceptors (Lipinski definition) is 3. The maximum absolute atomic E-state index is 13.5. The highest BCUT2D eigenvalue weighted by Gasteiger charge is 2.45. The van der Waals surface area contributed by atoms with E-state index >= 15 is 0 Å². The van der Waals surface area contributed by atoms with Crippen LogP contribution in [0.5, 0.6) is 0 Å². The second-order valence-electron chi connectivity index (χ2n) is 6.06. The molecule has 21 heavy (non-hydrogen) atoms. The Morgan fingerprint density at radius 1 is 1.10 bits per heavy atom. The summed E-state index contributed by atoms with van der Waals surface area (Å²) in [5, 5.41) is 0. The highest BCUT2D eigenvalue weighted by atomic mass is 19.2. The molecule has 1 saturated heterocycles. The van der Waals surface area contributed by atoms with Crippen LogP contribution in [0.4, 0.5) is 8.78 Å². The fourth-order valence-corrected chi connectivity index (χ4v) is 3.84. The van der Waals surface area contributed by atoms with E-state index in [1.54, 1.807) is 6.07 Å². The predicted molar refractivity (Wildman–Crippen MR) is 76.9 cm³/mol. The van der Waals surface area contributed by atoms with Crippen molar-refractivity contribution in [3.05, 3.63) is 35.4 Å². The Morgan fingerprint density at radius 3 is 2.38 bits per heavy atom. The number of halogens is 2. The maximum Gasteiger partial charge on any atom is 0.159 e. The fourth-order valence-electron chi connectivity index (χ4n) is 3.84. The summed E-state index contributed by atoms with van der Waals surface area (Å²) in [6, 6.07) is 3.74. The molecular formula is C16H22F2N2O. The Labute approximate surface area is 124 Å². The first-order valence-electron chi connectivity index (χ1n) is 7.67. The van der Waals surface area contributed by atoms with Gasteiger partial charge in [-0.2, -0.15) is 0 Å². The van der Waals surface area contributed by atoms with Gasteiger partial charge in [-0.25, -0.2) is 8.78 Å². The lowest BCUT2D eigenvalue weighted by atomic mass is 9.82. The van der Waals surface area contributed by atoms with E-state index in [9.17, 15) is 8.78 Å². The van der Waals surface area contributed by atoms with E-state index in [1.807, 2.05) is 0 Å². The average molecular weight is 296 g/mol. The highest BCUT2D eigenvalue weighted by Crippen LogP contribution is 2.43. The standard InChI is InChI=1S/C16H22F2N2O/c17-13-4-3-12(11-14(13)18)15(19)16(5-1-2-6-16)20-7-9-21-10-8-20/h3-4,11,15H,1-2,5-10,19H2. The monoisotopic (exact) mass is 296 g/mol. The van der Waals surface area contributed by atoms with Crippen molar-refractivity contribution in [2.24, 2.45) is 5.73 Å². The van der Waals surface area contributed by atoms with Crippen molar-refractivity contribution < 1.29 is 13.5 Å². The molecule has 0 spiro atoms. The van der Waals surface area contributed by atoms with E-state index in [1.165, 1.54) is 12.1 Å². The van der Waals surface area contributed by atoms with Crippen LogP contribution in [0.15, 0.2) is 18.2 Å². The van der Waals surface area contributed by atoms with E-state index in [2.05, 4.69) is 4.90 Å². The Bertz CT molecular complexity index is 497. The summed E-state index contributed by atoms with van der Waals surface area (Å²) in [5.74, 6) is -1.64. The molecule has 1 aromatic carbocycles. The lowest BCUT2D eigenvalue weighted by Crippen LogP contribution is -2.57. The van der Waals surface area contributed by atoms with Gasteiger partial charge in [0, 0.05) is 24.7 Å². The molecule has 1 aliphatic carbocycles. The second kappa shape index (κ2) is 5.99. The van der Waals surface area contributed by atoms with E-state index in [4.69, 9.17) is 10.5 Å². The highest BCUT2D eigenvalue weighted by molar-refractivity contribution is 5.25.